The minimum Gasteiger partial charge on any atom is -0.334 e. The molecule has 5 heteroatoms. The van der Waals surface area contributed by atoms with E-state index in [9.17, 15) is 13.6 Å². The van der Waals surface area contributed by atoms with E-state index in [0.717, 1.165) is 18.6 Å². The Morgan fingerprint density at radius 1 is 1.44 bits per heavy atom. The average Bonchev–Trinajstić information content (AvgIpc) is 2.69. The van der Waals surface area contributed by atoms with Crippen LogP contribution >= 0.6 is 15.9 Å². The zero-order valence-corrected chi connectivity index (χ0v) is 11.6. The molecule has 0 spiro atoms. The number of benzene rings is 1. The first-order chi connectivity index (χ1) is 8.56. The van der Waals surface area contributed by atoms with E-state index in [1.807, 2.05) is 6.92 Å². The van der Waals surface area contributed by atoms with E-state index in [1.165, 1.54) is 6.07 Å². The highest BCUT2D eigenvalue weighted by molar-refractivity contribution is 9.09. The molecule has 0 N–H and O–H groups in total. The van der Waals surface area contributed by atoms with Gasteiger partial charge in [0.25, 0.3) is 5.91 Å². The summed E-state index contributed by atoms with van der Waals surface area (Å²) >= 11 is 3.35. The minimum atomic E-state index is -0.798. The summed E-state index contributed by atoms with van der Waals surface area (Å²) in [6.07, 6.45) is 0.859. The molecule has 0 radical (unpaired) electrons. The van der Waals surface area contributed by atoms with Gasteiger partial charge in [-0.05, 0) is 24.5 Å². The molecule has 1 aliphatic rings. The van der Waals surface area contributed by atoms with Crippen molar-refractivity contribution in [3.05, 3.63) is 35.4 Å². The van der Waals surface area contributed by atoms with Crippen LogP contribution < -0.4 is 0 Å². The Bertz CT molecular complexity index is 446. The number of likely N-dealkylation sites (tertiary alicyclic amines) is 1. The molecule has 1 aromatic rings. The van der Waals surface area contributed by atoms with Crippen LogP contribution in [0, 0.1) is 17.6 Å². The normalized spacial score (nSPS) is 23.4. The van der Waals surface area contributed by atoms with Crippen LogP contribution in [0.3, 0.4) is 0 Å². The molecule has 1 heterocycles. The van der Waals surface area contributed by atoms with E-state index < -0.39 is 23.1 Å². The summed E-state index contributed by atoms with van der Waals surface area (Å²) in [5.74, 6) is -1.82. The lowest BCUT2D eigenvalue weighted by atomic mass is 10.0. The predicted molar refractivity (Wildman–Crippen MR) is 68.8 cm³/mol. The van der Waals surface area contributed by atoms with Crippen molar-refractivity contribution in [3.63, 3.8) is 0 Å². The lowest BCUT2D eigenvalue weighted by Crippen LogP contribution is -2.39. The SMILES string of the molecule is CC1CCN(C(=O)c2c(F)cccc2F)C1CBr. The Morgan fingerprint density at radius 3 is 2.61 bits per heavy atom. The topological polar surface area (TPSA) is 20.3 Å². The van der Waals surface area contributed by atoms with Gasteiger partial charge in [-0.3, -0.25) is 4.79 Å². The number of hydrogen-bond donors (Lipinski definition) is 0. The smallest absolute Gasteiger partial charge is 0.260 e. The first-order valence-corrected chi connectivity index (χ1v) is 6.99. The van der Waals surface area contributed by atoms with Crippen LogP contribution in [0.15, 0.2) is 18.2 Å². The van der Waals surface area contributed by atoms with Gasteiger partial charge in [0.15, 0.2) is 0 Å². The largest absolute Gasteiger partial charge is 0.334 e. The molecule has 0 aliphatic carbocycles. The van der Waals surface area contributed by atoms with E-state index in [1.54, 1.807) is 4.90 Å². The van der Waals surface area contributed by atoms with Crippen molar-refractivity contribution in [1.29, 1.82) is 0 Å². The second-order valence-electron chi connectivity index (χ2n) is 4.58. The number of hydrogen-bond acceptors (Lipinski definition) is 1. The zero-order valence-electron chi connectivity index (χ0n) is 10.00. The van der Waals surface area contributed by atoms with Crippen molar-refractivity contribution in [2.45, 2.75) is 19.4 Å². The second kappa shape index (κ2) is 5.34. The Hall–Kier alpha value is -0.970. The summed E-state index contributed by atoms with van der Waals surface area (Å²) in [6, 6.07) is 3.48. The van der Waals surface area contributed by atoms with Crippen molar-refractivity contribution in [3.8, 4) is 0 Å². The van der Waals surface area contributed by atoms with E-state index in [4.69, 9.17) is 0 Å². The predicted octanol–water partition coefficient (Wildman–Crippen LogP) is 3.21. The molecule has 2 rings (SSSR count). The molecular weight excluding hydrogens is 304 g/mol. The summed E-state index contributed by atoms with van der Waals surface area (Å²) in [7, 11) is 0. The highest BCUT2D eigenvalue weighted by atomic mass is 79.9. The van der Waals surface area contributed by atoms with Crippen molar-refractivity contribution in [2.24, 2.45) is 5.92 Å². The van der Waals surface area contributed by atoms with Gasteiger partial charge in [0.2, 0.25) is 0 Å². The number of amides is 1. The molecule has 0 saturated carbocycles. The van der Waals surface area contributed by atoms with Crippen LogP contribution in [0.1, 0.15) is 23.7 Å². The van der Waals surface area contributed by atoms with Crippen LogP contribution in [0.2, 0.25) is 0 Å². The summed E-state index contributed by atoms with van der Waals surface area (Å²) in [5.41, 5.74) is -0.447. The van der Waals surface area contributed by atoms with Crippen molar-refractivity contribution < 1.29 is 13.6 Å². The lowest BCUT2D eigenvalue weighted by Gasteiger charge is -2.25. The van der Waals surface area contributed by atoms with Crippen LogP contribution in [0.25, 0.3) is 0 Å². The number of rotatable bonds is 2. The van der Waals surface area contributed by atoms with Gasteiger partial charge < -0.3 is 4.90 Å². The van der Waals surface area contributed by atoms with E-state index in [-0.39, 0.29) is 6.04 Å². The monoisotopic (exact) mass is 317 g/mol. The van der Waals surface area contributed by atoms with Gasteiger partial charge in [0.05, 0.1) is 0 Å². The first-order valence-electron chi connectivity index (χ1n) is 5.87. The van der Waals surface area contributed by atoms with E-state index >= 15 is 0 Å². The number of nitrogens with zero attached hydrogens (tertiary/aromatic N) is 1. The molecule has 2 atom stereocenters. The third-order valence-electron chi connectivity index (χ3n) is 3.48. The molecule has 2 unspecified atom stereocenters. The Kier molecular flexibility index (Phi) is 4.00. The molecule has 1 aliphatic heterocycles. The molecule has 18 heavy (non-hydrogen) atoms. The third-order valence-corrected chi connectivity index (χ3v) is 4.14. The second-order valence-corrected chi connectivity index (χ2v) is 5.23. The average molecular weight is 318 g/mol. The fraction of sp³-hybridized carbons (Fsp3) is 0.462. The standard InChI is InChI=1S/C13H14BrF2NO/c1-8-5-6-17(11(8)7-14)13(18)12-9(15)3-2-4-10(12)16/h2-4,8,11H,5-7H2,1H3. The number of carbonyl (C=O) groups excluding carboxylic acids is 1. The van der Waals surface area contributed by atoms with E-state index in [2.05, 4.69) is 15.9 Å². The summed E-state index contributed by atoms with van der Waals surface area (Å²) < 4.78 is 27.2. The van der Waals surface area contributed by atoms with Gasteiger partial charge >= 0.3 is 0 Å². The van der Waals surface area contributed by atoms with Gasteiger partial charge in [-0.2, -0.15) is 0 Å². The van der Waals surface area contributed by atoms with Crippen LogP contribution in [-0.4, -0.2) is 28.7 Å². The van der Waals surface area contributed by atoms with Gasteiger partial charge in [-0.25, -0.2) is 8.78 Å². The summed E-state index contributed by atoms with van der Waals surface area (Å²) in [5, 5.41) is 0.621. The molecule has 0 bridgehead atoms. The number of alkyl halides is 1. The van der Waals surface area contributed by atoms with Crippen LogP contribution in [0.5, 0.6) is 0 Å². The van der Waals surface area contributed by atoms with Crippen LogP contribution in [-0.2, 0) is 0 Å². The number of carbonyl (C=O) groups is 1. The molecule has 98 valence electrons. The highest BCUT2D eigenvalue weighted by Crippen LogP contribution is 2.28. The summed E-state index contributed by atoms with van der Waals surface area (Å²) in [6.45, 7) is 2.58. The van der Waals surface area contributed by atoms with Gasteiger partial charge in [-0.1, -0.05) is 28.9 Å². The zero-order chi connectivity index (χ0) is 13.3. The quantitative estimate of drug-likeness (QED) is 0.767. The van der Waals surface area contributed by atoms with Crippen molar-refractivity contribution >= 4 is 21.8 Å². The molecule has 1 aromatic carbocycles. The molecule has 1 fully saturated rings. The number of halogens is 3. The maximum absolute atomic E-state index is 13.6. The lowest BCUT2D eigenvalue weighted by molar-refractivity contribution is 0.0729. The fourth-order valence-corrected chi connectivity index (χ4v) is 3.33. The summed E-state index contributed by atoms with van der Waals surface area (Å²) in [4.78, 5) is 13.8. The van der Waals surface area contributed by atoms with Crippen LogP contribution in [0.4, 0.5) is 8.78 Å². The molecule has 2 nitrogen and oxygen atoms in total. The van der Waals surface area contributed by atoms with E-state index in [0.29, 0.717) is 17.8 Å². The maximum Gasteiger partial charge on any atom is 0.260 e. The molecule has 0 aromatic heterocycles. The maximum atomic E-state index is 13.6. The third kappa shape index (κ3) is 2.28. The fourth-order valence-electron chi connectivity index (χ4n) is 2.34. The molecular formula is C13H14BrF2NO. The Morgan fingerprint density at radius 2 is 2.06 bits per heavy atom. The first kappa shape index (κ1) is 13.5. The Labute approximate surface area is 113 Å². The van der Waals surface area contributed by atoms with Crippen molar-refractivity contribution in [1.82, 2.24) is 4.90 Å². The van der Waals surface area contributed by atoms with Gasteiger partial charge in [0, 0.05) is 17.9 Å². The van der Waals surface area contributed by atoms with Gasteiger partial charge in [-0.15, -0.1) is 0 Å². The highest BCUT2D eigenvalue weighted by Gasteiger charge is 2.35. The van der Waals surface area contributed by atoms with Gasteiger partial charge in [0.1, 0.15) is 17.2 Å². The Balaban J connectivity index is 2.32. The molecule has 1 saturated heterocycles. The minimum absolute atomic E-state index is 0.00324. The molecule has 1 amide bonds. The van der Waals surface area contributed by atoms with Crippen molar-refractivity contribution in [2.75, 3.05) is 11.9 Å².